The molecule has 4 rings (SSSR count). The minimum Gasteiger partial charge on any atom is -0.383 e. The molecular formula is C15H15N7S. The summed E-state index contributed by atoms with van der Waals surface area (Å²) in [5.74, 6) is 1.37. The minimum absolute atomic E-state index is 0.245. The zero-order valence-corrected chi connectivity index (χ0v) is 13.3. The Morgan fingerprint density at radius 2 is 2.13 bits per heavy atom. The smallest absolute Gasteiger partial charge is 0.235 e. The fourth-order valence-electron chi connectivity index (χ4n) is 3.09. The van der Waals surface area contributed by atoms with Crippen molar-refractivity contribution in [2.45, 2.75) is 38.6 Å². The fourth-order valence-corrected chi connectivity index (χ4v) is 4.38. The van der Waals surface area contributed by atoms with Crippen LogP contribution >= 0.6 is 11.3 Å². The molecule has 7 nitrogen and oxygen atoms in total. The van der Waals surface area contributed by atoms with E-state index in [1.807, 2.05) is 6.07 Å². The van der Waals surface area contributed by atoms with Gasteiger partial charge in [0.15, 0.2) is 5.82 Å². The van der Waals surface area contributed by atoms with Crippen molar-refractivity contribution >= 4 is 27.4 Å². The molecule has 0 spiro atoms. The molecule has 1 aliphatic carbocycles. The van der Waals surface area contributed by atoms with Crippen LogP contribution in [-0.2, 0) is 19.4 Å². The second-order valence-electron chi connectivity index (χ2n) is 5.66. The second kappa shape index (κ2) is 5.59. The lowest BCUT2D eigenvalue weighted by Crippen LogP contribution is -2.07. The molecule has 2 N–H and O–H groups in total. The SMILES string of the molecule is N#Cc1nncn1Cc1nc(N)c2c3c(sc2n1)CCCCC3. The van der Waals surface area contributed by atoms with Crippen LogP contribution in [0.4, 0.5) is 5.82 Å². The predicted octanol–water partition coefficient (Wildman–Crippen LogP) is 2.05. The normalized spacial score (nSPS) is 14.4. The molecule has 0 aromatic carbocycles. The molecule has 0 saturated carbocycles. The summed E-state index contributed by atoms with van der Waals surface area (Å²) in [7, 11) is 0. The Morgan fingerprint density at radius 3 is 3.00 bits per heavy atom. The first kappa shape index (κ1) is 14.1. The summed E-state index contributed by atoms with van der Waals surface area (Å²) in [5.41, 5.74) is 7.57. The van der Waals surface area contributed by atoms with Crippen molar-refractivity contribution in [3.8, 4) is 6.07 Å². The average molecular weight is 325 g/mol. The highest BCUT2D eigenvalue weighted by Gasteiger charge is 2.19. The van der Waals surface area contributed by atoms with Gasteiger partial charge in [-0.25, -0.2) is 9.97 Å². The Bertz CT molecular complexity index is 918. The van der Waals surface area contributed by atoms with E-state index < -0.39 is 0 Å². The van der Waals surface area contributed by atoms with Gasteiger partial charge in [0.05, 0.1) is 11.9 Å². The van der Waals surface area contributed by atoms with Crippen LogP contribution in [0.5, 0.6) is 0 Å². The van der Waals surface area contributed by atoms with Crippen LogP contribution in [0.3, 0.4) is 0 Å². The second-order valence-corrected chi connectivity index (χ2v) is 6.75. The van der Waals surface area contributed by atoms with E-state index in [1.165, 1.54) is 36.0 Å². The standard InChI is InChI=1S/C15H15N7S/c16-6-12-21-18-8-22(12)7-11-19-14(17)13-9-4-2-1-3-5-10(9)23-15(13)20-11/h8H,1-5,7H2,(H2,17,19,20). The summed E-state index contributed by atoms with van der Waals surface area (Å²) in [6.07, 6.45) is 7.37. The Hall–Kier alpha value is -2.53. The number of nitrogens with two attached hydrogens (primary N) is 1. The Balaban J connectivity index is 1.77. The molecule has 116 valence electrons. The highest BCUT2D eigenvalue weighted by molar-refractivity contribution is 7.18. The van der Waals surface area contributed by atoms with Crippen LogP contribution in [0.15, 0.2) is 6.33 Å². The third kappa shape index (κ3) is 2.43. The van der Waals surface area contributed by atoms with E-state index in [4.69, 9.17) is 11.0 Å². The number of nitrogens with zero attached hydrogens (tertiary/aromatic N) is 6. The fraction of sp³-hybridized carbons (Fsp3) is 0.400. The number of hydrogen-bond acceptors (Lipinski definition) is 7. The molecule has 0 amide bonds. The Labute approximate surface area is 136 Å². The molecule has 3 aromatic heterocycles. The molecule has 3 heterocycles. The Morgan fingerprint density at radius 1 is 1.26 bits per heavy atom. The molecule has 0 saturated heterocycles. The summed E-state index contributed by atoms with van der Waals surface area (Å²) >= 11 is 1.73. The van der Waals surface area contributed by atoms with Gasteiger partial charge >= 0.3 is 0 Å². The third-order valence-corrected chi connectivity index (χ3v) is 5.35. The average Bonchev–Trinajstić information content (AvgIpc) is 3.05. The van der Waals surface area contributed by atoms with Gasteiger partial charge in [-0.1, -0.05) is 6.42 Å². The van der Waals surface area contributed by atoms with E-state index in [0.29, 0.717) is 18.2 Å². The highest BCUT2D eigenvalue weighted by atomic mass is 32.1. The van der Waals surface area contributed by atoms with E-state index in [1.54, 1.807) is 15.9 Å². The van der Waals surface area contributed by atoms with Gasteiger partial charge in [0.1, 0.15) is 23.0 Å². The lowest BCUT2D eigenvalue weighted by molar-refractivity contribution is 0.713. The quantitative estimate of drug-likeness (QED) is 0.723. The van der Waals surface area contributed by atoms with Crippen molar-refractivity contribution in [1.29, 1.82) is 5.26 Å². The number of nitriles is 1. The van der Waals surface area contributed by atoms with Crippen LogP contribution in [0.1, 0.15) is 41.4 Å². The molecule has 0 fully saturated rings. The summed E-state index contributed by atoms with van der Waals surface area (Å²) in [4.78, 5) is 11.5. The number of nitrogen functional groups attached to an aromatic ring is 1. The van der Waals surface area contributed by atoms with Gasteiger partial charge in [0.25, 0.3) is 0 Å². The summed E-state index contributed by atoms with van der Waals surface area (Å²) in [6.45, 7) is 0.346. The monoisotopic (exact) mass is 325 g/mol. The molecule has 23 heavy (non-hydrogen) atoms. The van der Waals surface area contributed by atoms with Crippen LogP contribution < -0.4 is 5.73 Å². The number of hydrogen-bond donors (Lipinski definition) is 1. The number of fused-ring (bicyclic) bond motifs is 3. The zero-order valence-electron chi connectivity index (χ0n) is 12.5. The molecule has 0 unspecified atom stereocenters. The number of rotatable bonds is 2. The van der Waals surface area contributed by atoms with E-state index >= 15 is 0 Å². The maximum absolute atomic E-state index is 9.01. The van der Waals surface area contributed by atoms with Gasteiger partial charge in [-0.15, -0.1) is 21.5 Å². The number of thiophene rings is 1. The predicted molar refractivity (Wildman–Crippen MR) is 86.9 cm³/mol. The van der Waals surface area contributed by atoms with Gasteiger partial charge in [0, 0.05) is 4.88 Å². The van der Waals surface area contributed by atoms with Crippen LogP contribution in [0, 0.1) is 11.3 Å². The van der Waals surface area contributed by atoms with E-state index in [2.05, 4.69) is 20.2 Å². The topological polar surface area (TPSA) is 106 Å². The van der Waals surface area contributed by atoms with Crippen LogP contribution in [-0.4, -0.2) is 24.7 Å². The van der Waals surface area contributed by atoms with Crippen molar-refractivity contribution in [3.05, 3.63) is 28.4 Å². The van der Waals surface area contributed by atoms with Crippen molar-refractivity contribution in [2.75, 3.05) is 5.73 Å². The lowest BCUT2D eigenvalue weighted by atomic mass is 10.1. The third-order valence-electron chi connectivity index (χ3n) is 4.17. The highest BCUT2D eigenvalue weighted by Crippen LogP contribution is 2.37. The molecule has 0 radical (unpaired) electrons. The maximum atomic E-state index is 9.01. The van der Waals surface area contributed by atoms with Crippen LogP contribution in [0.2, 0.25) is 0 Å². The van der Waals surface area contributed by atoms with E-state index in [0.717, 1.165) is 23.1 Å². The van der Waals surface area contributed by atoms with Crippen molar-refractivity contribution in [2.24, 2.45) is 0 Å². The molecule has 1 aliphatic rings. The number of aryl methyl sites for hydroxylation is 2. The molecule has 0 atom stereocenters. The first-order valence-corrected chi connectivity index (χ1v) is 8.42. The van der Waals surface area contributed by atoms with Crippen molar-refractivity contribution in [3.63, 3.8) is 0 Å². The van der Waals surface area contributed by atoms with Gasteiger partial charge in [-0.2, -0.15) is 5.26 Å². The van der Waals surface area contributed by atoms with Crippen LogP contribution in [0.25, 0.3) is 10.2 Å². The Kier molecular flexibility index (Phi) is 3.42. The molecular weight excluding hydrogens is 310 g/mol. The lowest BCUT2D eigenvalue weighted by Gasteiger charge is -2.05. The van der Waals surface area contributed by atoms with Gasteiger partial charge in [0.2, 0.25) is 5.82 Å². The number of aromatic nitrogens is 5. The first-order chi connectivity index (χ1) is 11.3. The zero-order chi connectivity index (χ0) is 15.8. The summed E-state index contributed by atoms with van der Waals surface area (Å²) in [5, 5.41) is 17.5. The summed E-state index contributed by atoms with van der Waals surface area (Å²) < 4.78 is 1.62. The number of anilines is 1. The molecule has 3 aromatic rings. The molecule has 0 bridgehead atoms. The maximum Gasteiger partial charge on any atom is 0.235 e. The largest absolute Gasteiger partial charge is 0.383 e. The molecule has 0 aliphatic heterocycles. The van der Waals surface area contributed by atoms with E-state index in [-0.39, 0.29) is 5.82 Å². The van der Waals surface area contributed by atoms with Crippen molar-refractivity contribution in [1.82, 2.24) is 24.7 Å². The van der Waals surface area contributed by atoms with E-state index in [9.17, 15) is 0 Å². The summed E-state index contributed by atoms with van der Waals surface area (Å²) in [6, 6.07) is 2.00. The first-order valence-electron chi connectivity index (χ1n) is 7.61. The van der Waals surface area contributed by atoms with Gasteiger partial charge in [-0.3, -0.25) is 4.57 Å². The van der Waals surface area contributed by atoms with Gasteiger partial charge < -0.3 is 5.73 Å². The van der Waals surface area contributed by atoms with Crippen molar-refractivity contribution < 1.29 is 0 Å². The van der Waals surface area contributed by atoms with Gasteiger partial charge in [-0.05, 0) is 31.2 Å². The minimum atomic E-state index is 0.245. The molecule has 8 heteroatoms.